The van der Waals surface area contributed by atoms with Crippen LogP contribution in [0, 0.1) is 0 Å². The number of rotatable bonds is 5. The van der Waals surface area contributed by atoms with Crippen LogP contribution >= 0.6 is 0 Å². The van der Waals surface area contributed by atoms with Crippen LogP contribution in [0.4, 0.5) is 0 Å². The Hall–Kier alpha value is -3.39. The van der Waals surface area contributed by atoms with Crippen LogP contribution in [0.25, 0.3) is 10.8 Å². The summed E-state index contributed by atoms with van der Waals surface area (Å²) in [5.41, 5.74) is 4.27. The molecule has 0 fully saturated rings. The minimum atomic E-state index is -0.243. The standard InChI is InChI=1S/C33H36O2/c1-32(2,3)28-19-24(20-29(31(28)35)33(4,5)6)27(21-30(34)23-14-8-7-9-15-23)26-18-12-16-22-13-10-11-17-25(22)26/h7-20,27,35H,21H2,1-6H3. The molecule has 0 radical (unpaired) electrons. The molecule has 2 nitrogen and oxygen atoms in total. The molecule has 0 aliphatic carbocycles. The molecule has 0 aromatic heterocycles. The zero-order valence-electron chi connectivity index (χ0n) is 21.7. The number of ketones is 1. The third kappa shape index (κ3) is 5.17. The van der Waals surface area contributed by atoms with Gasteiger partial charge in [-0.2, -0.15) is 0 Å². The molecule has 1 atom stereocenters. The van der Waals surface area contributed by atoms with Gasteiger partial charge in [-0.05, 0) is 43.9 Å². The summed E-state index contributed by atoms with van der Waals surface area (Å²) >= 11 is 0. The number of carbonyl (C=O) groups excluding carboxylic acids is 1. The van der Waals surface area contributed by atoms with Gasteiger partial charge in [-0.1, -0.05) is 126 Å². The van der Waals surface area contributed by atoms with Crippen LogP contribution in [0.1, 0.15) is 86.5 Å². The van der Waals surface area contributed by atoms with Gasteiger partial charge in [0.05, 0.1) is 0 Å². The second-order valence-corrected chi connectivity index (χ2v) is 11.6. The lowest BCUT2D eigenvalue weighted by molar-refractivity contribution is 0.0978. The minimum Gasteiger partial charge on any atom is -0.507 e. The maximum Gasteiger partial charge on any atom is 0.163 e. The highest BCUT2D eigenvalue weighted by molar-refractivity contribution is 5.97. The average Bonchev–Trinajstić information content (AvgIpc) is 2.81. The van der Waals surface area contributed by atoms with Crippen molar-refractivity contribution in [1.82, 2.24) is 0 Å². The first-order chi connectivity index (χ1) is 16.5. The number of phenolic OH excluding ortho intramolecular Hbond substituents is 1. The second-order valence-electron chi connectivity index (χ2n) is 11.6. The van der Waals surface area contributed by atoms with Crippen molar-refractivity contribution in [3.63, 3.8) is 0 Å². The molecular weight excluding hydrogens is 428 g/mol. The highest BCUT2D eigenvalue weighted by atomic mass is 16.3. The van der Waals surface area contributed by atoms with Crippen LogP contribution in [0.2, 0.25) is 0 Å². The normalized spacial score (nSPS) is 13.1. The number of Topliss-reactive ketones (excluding diaryl/α,β-unsaturated/α-hetero) is 1. The van der Waals surface area contributed by atoms with Crippen LogP contribution in [-0.2, 0) is 10.8 Å². The van der Waals surface area contributed by atoms with Gasteiger partial charge in [0.2, 0.25) is 0 Å². The number of aromatic hydroxyl groups is 1. The van der Waals surface area contributed by atoms with Crippen LogP contribution in [0.15, 0.2) is 84.9 Å². The molecule has 0 aliphatic heterocycles. The number of hydrogen-bond acceptors (Lipinski definition) is 2. The number of carbonyl (C=O) groups is 1. The molecule has 0 spiro atoms. The summed E-state index contributed by atoms with van der Waals surface area (Å²) < 4.78 is 0. The number of benzene rings is 4. The fraction of sp³-hybridized carbons (Fsp3) is 0.303. The molecule has 1 unspecified atom stereocenters. The molecule has 0 saturated carbocycles. The van der Waals surface area contributed by atoms with Crippen molar-refractivity contribution in [3.05, 3.63) is 113 Å². The van der Waals surface area contributed by atoms with Crippen molar-refractivity contribution in [1.29, 1.82) is 0 Å². The third-order valence-electron chi connectivity index (χ3n) is 6.83. The molecule has 180 valence electrons. The quantitative estimate of drug-likeness (QED) is 0.300. The van der Waals surface area contributed by atoms with Crippen molar-refractivity contribution in [3.8, 4) is 5.75 Å². The van der Waals surface area contributed by atoms with Gasteiger partial charge in [0, 0.05) is 17.9 Å². The maximum atomic E-state index is 13.5. The summed E-state index contributed by atoms with van der Waals surface area (Å²) in [6.45, 7) is 12.8. The lowest BCUT2D eigenvalue weighted by Crippen LogP contribution is -2.19. The van der Waals surface area contributed by atoms with E-state index in [1.165, 1.54) is 0 Å². The Balaban J connectivity index is 1.97. The van der Waals surface area contributed by atoms with Crippen molar-refractivity contribution in [2.24, 2.45) is 0 Å². The smallest absolute Gasteiger partial charge is 0.163 e. The summed E-state index contributed by atoms with van der Waals surface area (Å²) in [5, 5.41) is 13.6. The molecule has 0 saturated heterocycles. The van der Waals surface area contributed by atoms with Crippen molar-refractivity contribution < 1.29 is 9.90 Å². The Morgan fingerprint density at radius 3 is 1.89 bits per heavy atom. The van der Waals surface area contributed by atoms with E-state index in [0.717, 1.165) is 38.6 Å². The topological polar surface area (TPSA) is 37.3 Å². The SMILES string of the molecule is CC(C)(C)c1cc(C(CC(=O)c2ccccc2)c2cccc3ccccc23)cc(C(C)(C)C)c1O. The van der Waals surface area contributed by atoms with Gasteiger partial charge >= 0.3 is 0 Å². The van der Waals surface area contributed by atoms with Crippen LogP contribution in [0.3, 0.4) is 0 Å². The molecule has 4 rings (SSSR count). The Labute approximate surface area is 209 Å². The Kier molecular flexibility index (Phi) is 6.60. The number of phenols is 1. The fourth-order valence-corrected chi connectivity index (χ4v) is 4.89. The molecule has 35 heavy (non-hydrogen) atoms. The summed E-state index contributed by atoms with van der Waals surface area (Å²) in [6.07, 6.45) is 0.357. The molecule has 0 aliphatic rings. The van der Waals surface area contributed by atoms with E-state index >= 15 is 0 Å². The van der Waals surface area contributed by atoms with Gasteiger partial charge in [0.15, 0.2) is 5.78 Å². The largest absolute Gasteiger partial charge is 0.507 e. The molecule has 0 bridgehead atoms. The molecular formula is C33H36O2. The monoisotopic (exact) mass is 464 g/mol. The van der Waals surface area contributed by atoms with Gasteiger partial charge in [-0.25, -0.2) is 0 Å². The first-order valence-corrected chi connectivity index (χ1v) is 12.4. The van der Waals surface area contributed by atoms with Gasteiger partial charge in [-0.3, -0.25) is 4.79 Å². The van der Waals surface area contributed by atoms with Crippen molar-refractivity contribution in [2.75, 3.05) is 0 Å². The predicted octanol–water partition coefficient (Wildman–Crippen LogP) is 8.55. The molecule has 4 aromatic rings. The first-order valence-electron chi connectivity index (χ1n) is 12.4. The zero-order valence-corrected chi connectivity index (χ0v) is 21.7. The van der Waals surface area contributed by atoms with E-state index in [4.69, 9.17) is 0 Å². The molecule has 0 amide bonds. The Bertz CT molecular complexity index is 1310. The lowest BCUT2D eigenvalue weighted by Gasteiger charge is -2.30. The van der Waals surface area contributed by atoms with E-state index in [1.807, 2.05) is 36.4 Å². The minimum absolute atomic E-state index is 0.117. The average molecular weight is 465 g/mol. The fourth-order valence-electron chi connectivity index (χ4n) is 4.89. The summed E-state index contributed by atoms with van der Waals surface area (Å²) in [4.78, 5) is 13.5. The molecule has 0 heterocycles. The number of hydrogen-bond donors (Lipinski definition) is 1. The van der Waals surface area contributed by atoms with E-state index in [1.54, 1.807) is 0 Å². The van der Waals surface area contributed by atoms with Crippen LogP contribution in [-0.4, -0.2) is 10.9 Å². The predicted molar refractivity (Wildman–Crippen MR) is 147 cm³/mol. The molecule has 4 aromatic carbocycles. The highest BCUT2D eigenvalue weighted by Gasteiger charge is 2.30. The molecule has 1 N–H and O–H groups in total. The Morgan fingerprint density at radius 2 is 1.29 bits per heavy atom. The maximum absolute atomic E-state index is 13.5. The Morgan fingerprint density at radius 1 is 0.743 bits per heavy atom. The van der Waals surface area contributed by atoms with Crippen LogP contribution < -0.4 is 0 Å². The molecule has 2 heteroatoms. The van der Waals surface area contributed by atoms with Crippen molar-refractivity contribution in [2.45, 2.75) is 64.7 Å². The second kappa shape index (κ2) is 9.34. The van der Waals surface area contributed by atoms with Crippen molar-refractivity contribution >= 4 is 16.6 Å². The van der Waals surface area contributed by atoms with Gasteiger partial charge < -0.3 is 5.11 Å². The summed E-state index contributed by atoms with van der Waals surface area (Å²) in [5.74, 6) is 0.336. The van der Waals surface area contributed by atoms with E-state index in [9.17, 15) is 9.90 Å². The highest BCUT2D eigenvalue weighted by Crippen LogP contribution is 2.43. The number of fused-ring (bicyclic) bond motifs is 1. The first kappa shape index (κ1) is 24.7. The summed E-state index contributed by atoms with van der Waals surface area (Å²) in [7, 11) is 0. The van der Waals surface area contributed by atoms with Gasteiger partial charge in [0.25, 0.3) is 0 Å². The summed E-state index contributed by atoms with van der Waals surface area (Å²) in [6, 6.07) is 28.5. The van der Waals surface area contributed by atoms with E-state index < -0.39 is 0 Å². The third-order valence-corrected chi connectivity index (χ3v) is 6.83. The van der Waals surface area contributed by atoms with E-state index in [2.05, 4.69) is 90.1 Å². The zero-order chi connectivity index (χ0) is 25.4. The van der Waals surface area contributed by atoms with Gasteiger partial charge in [0.1, 0.15) is 5.75 Å². The van der Waals surface area contributed by atoms with Crippen LogP contribution in [0.5, 0.6) is 5.75 Å². The van der Waals surface area contributed by atoms with E-state index in [0.29, 0.717) is 12.2 Å². The lowest BCUT2D eigenvalue weighted by atomic mass is 9.75. The van der Waals surface area contributed by atoms with E-state index in [-0.39, 0.29) is 22.5 Å². The van der Waals surface area contributed by atoms with Gasteiger partial charge in [-0.15, -0.1) is 0 Å².